The van der Waals surface area contributed by atoms with E-state index in [2.05, 4.69) is 15.6 Å². The van der Waals surface area contributed by atoms with E-state index in [0.717, 1.165) is 11.3 Å². The number of aromatic nitrogens is 3. The van der Waals surface area contributed by atoms with Gasteiger partial charge < -0.3 is 10.4 Å². The molecule has 1 amide bonds. The molecule has 2 N–H and O–H groups in total. The summed E-state index contributed by atoms with van der Waals surface area (Å²) in [5.74, 6) is -0.163. The molecule has 0 saturated heterocycles. The summed E-state index contributed by atoms with van der Waals surface area (Å²) in [5, 5.41) is 19.2. The SMILES string of the molecule is Cc1ccc(NC(=O)Cn2cc(CCO)nn2)cc1. The Morgan fingerprint density at radius 3 is 2.79 bits per heavy atom. The predicted octanol–water partition coefficient (Wildman–Crippen LogP) is 0.760. The van der Waals surface area contributed by atoms with Crippen molar-refractivity contribution >= 4 is 11.6 Å². The standard InChI is InChI=1S/C13H16N4O2/c1-10-2-4-11(5-3-10)14-13(19)9-17-8-12(6-7-18)15-16-17/h2-5,8,18H,6-7,9H2,1H3,(H,14,19). The topological polar surface area (TPSA) is 80.0 Å². The van der Waals surface area contributed by atoms with Crippen LogP contribution in [0.4, 0.5) is 5.69 Å². The van der Waals surface area contributed by atoms with Gasteiger partial charge in [-0.25, -0.2) is 4.68 Å². The fraction of sp³-hybridized carbons (Fsp3) is 0.308. The van der Waals surface area contributed by atoms with Crippen LogP contribution in [0.2, 0.25) is 0 Å². The first kappa shape index (κ1) is 13.2. The van der Waals surface area contributed by atoms with Crippen LogP contribution in [0.3, 0.4) is 0 Å². The van der Waals surface area contributed by atoms with Crippen molar-refractivity contribution < 1.29 is 9.90 Å². The maximum Gasteiger partial charge on any atom is 0.246 e. The maximum atomic E-state index is 11.8. The molecule has 2 rings (SSSR count). The van der Waals surface area contributed by atoms with Crippen LogP contribution in [0.1, 0.15) is 11.3 Å². The molecule has 0 unspecified atom stereocenters. The van der Waals surface area contributed by atoms with Crippen molar-refractivity contribution in [3.63, 3.8) is 0 Å². The van der Waals surface area contributed by atoms with Gasteiger partial charge in [0.05, 0.1) is 5.69 Å². The van der Waals surface area contributed by atoms with Gasteiger partial charge in [0, 0.05) is 24.9 Å². The Morgan fingerprint density at radius 2 is 2.11 bits per heavy atom. The van der Waals surface area contributed by atoms with Gasteiger partial charge in [0.25, 0.3) is 0 Å². The monoisotopic (exact) mass is 260 g/mol. The maximum absolute atomic E-state index is 11.8. The number of hydrogen-bond donors (Lipinski definition) is 2. The summed E-state index contributed by atoms with van der Waals surface area (Å²) in [4.78, 5) is 11.8. The average molecular weight is 260 g/mol. The van der Waals surface area contributed by atoms with Crippen LogP contribution < -0.4 is 5.32 Å². The van der Waals surface area contributed by atoms with Gasteiger partial charge in [0.1, 0.15) is 6.54 Å². The van der Waals surface area contributed by atoms with Crippen LogP contribution in [0.25, 0.3) is 0 Å². The largest absolute Gasteiger partial charge is 0.396 e. The Balaban J connectivity index is 1.91. The number of aliphatic hydroxyl groups is 1. The molecule has 0 aliphatic heterocycles. The molecule has 0 spiro atoms. The molecular formula is C13H16N4O2. The second-order valence-corrected chi connectivity index (χ2v) is 4.30. The second-order valence-electron chi connectivity index (χ2n) is 4.30. The van der Waals surface area contributed by atoms with Crippen LogP contribution in [0.5, 0.6) is 0 Å². The number of amides is 1. The Kier molecular flexibility index (Phi) is 4.25. The number of carbonyl (C=O) groups is 1. The average Bonchev–Trinajstić information content (AvgIpc) is 2.80. The number of nitrogens with one attached hydrogen (secondary N) is 1. The molecule has 0 saturated carbocycles. The first-order valence-corrected chi connectivity index (χ1v) is 6.04. The smallest absolute Gasteiger partial charge is 0.246 e. The van der Waals surface area contributed by atoms with Crippen molar-refractivity contribution in [2.24, 2.45) is 0 Å². The molecule has 6 heteroatoms. The van der Waals surface area contributed by atoms with Crippen molar-refractivity contribution in [1.82, 2.24) is 15.0 Å². The molecule has 0 atom stereocenters. The zero-order chi connectivity index (χ0) is 13.7. The lowest BCUT2D eigenvalue weighted by Crippen LogP contribution is -2.19. The molecule has 0 bridgehead atoms. The highest BCUT2D eigenvalue weighted by atomic mass is 16.3. The van der Waals surface area contributed by atoms with Gasteiger partial charge in [-0.15, -0.1) is 5.10 Å². The van der Waals surface area contributed by atoms with Gasteiger partial charge in [0.15, 0.2) is 0 Å². The molecule has 1 aromatic heterocycles. The normalized spacial score (nSPS) is 10.4. The molecule has 0 aliphatic rings. The zero-order valence-electron chi connectivity index (χ0n) is 10.7. The van der Waals surface area contributed by atoms with Crippen LogP contribution >= 0.6 is 0 Å². The van der Waals surface area contributed by atoms with E-state index in [0.29, 0.717) is 12.1 Å². The van der Waals surface area contributed by atoms with E-state index in [1.807, 2.05) is 31.2 Å². The van der Waals surface area contributed by atoms with E-state index in [1.165, 1.54) is 4.68 Å². The Bertz CT molecular complexity index is 548. The first-order chi connectivity index (χ1) is 9.17. The fourth-order valence-electron chi connectivity index (χ4n) is 1.63. The Labute approximate surface area is 111 Å². The third-order valence-corrected chi connectivity index (χ3v) is 2.59. The van der Waals surface area contributed by atoms with Crippen molar-refractivity contribution in [3.8, 4) is 0 Å². The summed E-state index contributed by atoms with van der Waals surface area (Å²) < 4.78 is 1.45. The van der Waals surface area contributed by atoms with E-state index in [9.17, 15) is 4.79 Å². The molecule has 100 valence electrons. The van der Waals surface area contributed by atoms with E-state index in [1.54, 1.807) is 6.20 Å². The van der Waals surface area contributed by atoms with Gasteiger partial charge in [-0.05, 0) is 19.1 Å². The van der Waals surface area contributed by atoms with Gasteiger partial charge >= 0.3 is 0 Å². The van der Waals surface area contributed by atoms with Gasteiger partial charge in [-0.2, -0.15) is 0 Å². The predicted molar refractivity (Wildman–Crippen MR) is 70.6 cm³/mol. The minimum Gasteiger partial charge on any atom is -0.396 e. The molecule has 1 aromatic carbocycles. The summed E-state index contributed by atoms with van der Waals surface area (Å²) >= 11 is 0. The van der Waals surface area contributed by atoms with Crippen molar-refractivity contribution in [2.45, 2.75) is 19.9 Å². The van der Waals surface area contributed by atoms with E-state index >= 15 is 0 Å². The summed E-state index contributed by atoms with van der Waals surface area (Å²) in [6, 6.07) is 7.58. The van der Waals surface area contributed by atoms with Crippen LogP contribution in [-0.4, -0.2) is 32.6 Å². The highest BCUT2D eigenvalue weighted by molar-refractivity contribution is 5.90. The molecule has 2 aromatic rings. The molecule has 1 heterocycles. The number of nitrogens with zero attached hydrogens (tertiary/aromatic N) is 3. The highest BCUT2D eigenvalue weighted by Gasteiger charge is 2.06. The zero-order valence-corrected chi connectivity index (χ0v) is 10.7. The van der Waals surface area contributed by atoms with Crippen LogP contribution in [-0.2, 0) is 17.8 Å². The lowest BCUT2D eigenvalue weighted by atomic mass is 10.2. The Morgan fingerprint density at radius 1 is 1.37 bits per heavy atom. The molecular weight excluding hydrogens is 244 g/mol. The second kappa shape index (κ2) is 6.10. The number of rotatable bonds is 5. The third-order valence-electron chi connectivity index (χ3n) is 2.59. The minimum atomic E-state index is -0.163. The van der Waals surface area contributed by atoms with Gasteiger partial charge in [0.2, 0.25) is 5.91 Å². The molecule has 0 fully saturated rings. The lowest BCUT2D eigenvalue weighted by molar-refractivity contribution is -0.116. The van der Waals surface area contributed by atoms with Gasteiger partial charge in [-0.1, -0.05) is 22.9 Å². The van der Waals surface area contributed by atoms with Crippen molar-refractivity contribution in [1.29, 1.82) is 0 Å². The fourth-order valence-corrected chi connectivity index (χ4v) is 1.63. The summed E-state index contributed by atoms with van der Waals surface area (Å²) in [6.45, 7) is 2.12. The van der Waals surface area contributed by atoms with E-state index in [4.69, 9.17) is 5.11 Å². The highest BCUT2D eigenvalue weighted by Crippen LogP contribution is 2.08. The van der Waals surface area contributed by atoms with Crippen LogP contribution in [0, 0.1) is 6.92 Å². The lowest BCUT2D eigenvalue weighted by Gasteiger charge is -2.05. The number of benzene rings is 1. The molecule has 0 aliphatic carbocycles. The van der Waals surface area contributed by atoms with Gasteiger partial charge in [-0.3, -0.25) is 4.79 Å². The van der Waals surface area contributed by atoms with Crippen molar-refractivity contribution in [2.75, 3.05) is 11.9 Å². The van der Waals surface area contributed by atoms with Crippen molar-refractivity contribution in [3.05, 3.63) is 41.7 Å². The first-order valence-electron chi connectivity index (χ1n) is 6.04. The summed E-state index contributed by atoms with van der Waals surface area (Å²) in [7, 11) is 0. The number of aliphatic hydroxyl groups excluding tert-OH is 1. The number of anilines is 1. The summed E-state index contributed by atoms with van der Waals surface area (Å²) in [5.41, 5.74) is 2.57. The molecule has 0 radical (unpaired) electrons. The molecule has 19 heavy (non-hydrogen) atoms. The number of hydrogen-bond acceptors (Lipinski definition) is 4. The van der Waals surface area contributed by atoms with E-state index in [-0.39, 0.29) is 19.1 Å². The van der Waals surface area contributed by atoms with E-state index < -0.39 is 0 Å². The number of carbonyl (C=O) groups excluding carboxylic acids is 1. The minimum absolute atomic E-state index is 0.0221. The number of aryl methyl sites for hydroxylation is 1. The molecule has 6 nitrogen and oxygen atoms in total. The van der Waals surface area contributed by atoms with Crippen LogP contribution in [0.15, 0.2) is 30.5 Å². The third kappa shape index (κ3) is 3.89. The summed E-state index contributed by atoms with van der Waals surface area (Å²) in [6.07, 6.45) is 2.10. The Hall–Kier alpha value is -2.21. The quantitative estimate of drug-likeness (QED) is 0.831.